The van der Waals surface area contributed by atoms with E-state index in [1.807, 2.05) is 69.0 Å². The number of ether oxygens (including phenoxy) is 1. The maximum Gasteiger partial charge on any atom is 0.213 e. The van der Waals surface area contributed by atoms with Crippen molar-refractivity contribution in [1.29, 1.82) is 0 Å². The summed E-state index contributed by atoms with van der Waals surface area (Å²) < 4.78 is 7.48. The van der Waals surface area contributed by atoms with Crippen molar-refractivity contribution in [2.45, 2.75) is 38.9 Å². The average Bonchev–Trinajstić information content (AvgIpc) is 2.94. The molecule has 8 nitrogen and oxygen atoms in total. The monoisotopic (exact) mass is 513 g/mol. The van der Waals surface area contributed by atoms with Crippen LogP contribution in [-0.4, -0.2) is 56.9 Å². The molecule has 38 heavy (non-hydrogen) atoms. The molecule has 1 aliphatic rings. The van der Waals surface area contributed by atoms with E-state index in [1.54, 1.807) is 0 Å². The maximum absolute atomic E-state index is 13.5. The van der Waals surface area contributed by atoms with E-state index in [0.717, 1.165) is 60.3 Å². The SMILES string of the molecule is Cc1cc(CN(Cc2cn(C)c3ccccc3c2=O)C2CCCN(c3ccc(OCCO)nc3)C2)ccn1. The highest BCUT2D eigenvalue weighted by molar-refractivity contribution is 5.79. The number of anilines is 1. The Kier molecular flexibility index (Phi) is 8.00. The zero-order valence-corrected chi connectivity index (χ0v) is 22.1. The molecule has 8 heteroatoms. The van der Waals surface area contributed by atoms with Crippen LogP contribution in [0.4, 0.5) is 5.69 Å². The molecule has 1 N–H and O–H groups in total. The lowest BCUT2D eigenvalue weighted by atomic mass is 10.0. The molecular weight excluding hydrogens is 478 g/mol. The van der Waals surface area contributed by atoms with Gasteiger partial charge in [-0.2, -0.15) is 0 Å². The molecule has 0 bridgehead atoms. The summed E-state index contributed by atoms with van der Waals surface area (Å²) in [7, 11) is 2.01. The first-order valence-electron chi connectivity index (χ1n) is 13.2. The van der Waals surface area contributed by atoms with Crippen LogP contribution in [0.5, 0.6) is 5.88 Å². The van der Waals surface area contributed by atoms with Gasteiger partial charge in [-0.15, -0.1) is 0 Å². The number of fused-ring (bicyclic) bond motifs is 1. The predicted molar refractivity (Wildman–Crippen MR) is 149 cm³/mol. The van der Waals surface area contributed by atoms with Gasteiger partial charge < -0.3 is 19.3 Å². The highest BCUT2D eigenvalue weighted by atomic mass is 16.5. The minimum atomic E-state index is -0.0373. The Balaban J connectivity index is 1.42. The first kappa shape index (κ1) is 25.9. The van der Waals surface area contributed by atoms with E-state index in [0.29, 0.717) is 12.4 Å². The van der Waals surface area contributed by atoms with Crippen LogP contribution in [0.2, 0.25) is 0 Å². The van der Waals surface area contributed by atoms with Gasteiger partial charge in [0.2, 0.25) is 5.88 Å². The van der Waals surface area contributed by atoms with Gasteiger partial charge in [-0.3, -0.25) is 14.7 Å². The Morgan fingerprint density at radius 1 is 1.13 bits per heavy atom. The quantitative estimate of drug-likeness (QED) is 0.366. The van der Waals surface area contributed by atoms with Crippen molar-refractivity contribution in [3.8, 4) is 5.88 Å². The Morgan fingerprint density at radius 3 is 2.79 bits per heavy atom. The largest absolute Gasteiger partial charge is 0.475 e. The number of nitrogens with zero attached hydrogens (tertiary/aromatic N) is 5. The lowest BCUT2D eigenvalue weighted by Crippen LogP contribution is -2.48. The maximum atomic E-state index is 13.5. The van der Waals surface area contributed by atoms with Crippen molar-refractivity contribution in [3.05, 3.63) is 94.2 Å². The fraction of sp³-hybridized carbons (Fsp3) is 0.367. The number of aliphatic hydroxyl groups excluding tert-OH is 1. The van der Waals surface area contributed by atoms with Gasteiger partial charge in [0.05, 0.1) is 24.0 Å². The summed E-state index contributed by atoms with van der Waals surface area (Å²) in [5, 5.41) is 9.74. The molecule has 198 valence electrons. The smallest absolute Gasteiger partial charge is 0.213 e. The van der Waals surface area contributed by atoms with Gasteiger partial charge in [0.1, 0.15) is 6.61 Å². The summed E-state index contributed by atoms with van der Waals surface area (Å²) in [4.78, 5) is 27.1. The third kappa shape index (κ3) is 5.87. The zero-order valence-electron chi connectivity index (χ0n) is 22.1. The minimum Gasteiger partial charge on any atom is -0.475 e. The Hall–Kier alpha value is -3.75. The molecule has 0 amide bonds. The molecule has 3 aromatic heterocycles. The molecule has 1 aliphatic heterocycles. The topological polar surface area (TPSA) is 83.7 Å². The Bertz CT molecular complexity index is 1440. The van der Waals surface area contributed by atoms with E-state index in [1.165, 1.54) is 5.56 Å². The second-order valence-corrected chi connectivity index (χ2v) is 9.99. The highest BCUT2D eigenvalue weighted by Crippen LogP contribution is 2.26. The van der Waals surface area contributed by atoms with Crippen LogP contribution < -0.4 is 15.1 Å². The first-order chi connectivity index (χ1) is 18.5. The number of aryl methyl sites for hydroxylation is 2. The number of piperidine rings is 1. The Morgan fingerprint density at radius 2 is 2.00 bits per heavy atom. The van der Waals surface area contributed by atoms with Crippen LogP contribution >= 0.6 is 0 Å². The standard InChI is InChI=1S/C30H35N5O3/c1-22-16-23(11-12-31-22)18-35(20-24-19-33(2)28-8-4-3-7-27(28)30(24)37)26-6-5-13-34(21-26)25-9-10-29(32-17-25)38-15-14-36/h3-4,7-12,16-17,19,26,36H,5-6,13-15,18,20-21H2,1-2H3. The van der Waals surface area contributed by atoms with Crippen molar-refractivity contribution in [2.75, 3.05) is 31.2 Å². The minimum absolute atomic E-state index is 0.0373. The van der Waals surface area contributed by atoms with E-state index >= 15 is 0 Å². The molecule has 0 spiro atoms. The van der Waals surface area contributed by atoms with Gasteiger partial charge in [0.15, 0.2) is 5.43 Å². The van der Waals surface area contributed by atoms with Gasteiger partial charge in [0, 0.05) is 74.4 Å². The predicted octanol–water partition coefficient (Wildman–Crippen LogP) is 3.68. The second kappa shape index (κ2) is 11.8. The molecule has 0 saturated carbocycles. The summed E-state index contributed by atoms with van der Waals surface area (Å²) in [6.07, 6.45) is 7.79. The molecule has 1 saturated heterocycles. The summed E-state index contributed by atoms with van der Waals surface area (Å²) in [6, 6.07) is 16.1. The number of pyridine rings is 3. The molecule has 4 heterocycles. The molecule has 0 aliphatic carbocycles. The van der Waals surface area contributed by atoms with Crippen LogP contribution in [-0.2, 0) is 20.1 Å². The summed E-state index contributed by atoms with van der Waals surface area (Å²) >= 11 is 0. The van der Waals surface area contributed by atoms with E-state index < -0.39 is 0 Å². The number of benzene rings is 1. The van der Waals surface area contributed by atoms with Gasteiger partial charge in [-0.1, -0.05) is 12.1 Å². The molecule has 1 unspecified atom stereocenters. The van der Waals surface area contributed by atoms with Crippen LogP contribution in [0.3, 0.4) is 0 Å². The summed E-state index contributed by atoms with van der Waals surface area (Å²) in [6.45, 7) is 5.31. The third-order valence-corrected chi connectivity index (χ3v) is 7.23. The molecule has 1 fully saturated rings. The lowest BCUT2D eigenvalue weighted by molar-refractivity contribution is 0.158. The normalized spacial score (nSPS) is 15.8. The number of aromatic nitrogens is 3. The lowest BCUT2D eigenvalue weighted by Gasteiger charge is -2.40. The average molecular weight is 514 g/mol. The van der Waals surface area contributed by atoms with E-state index in [4.69, 9.17) is 9.84 Å². The molecule has 5 rings (SSSR count). The van der Waals surface area contributed by atoms with Crippen molar-refractivity contribution in [3.63, 3.8) is 0 Å². The van der Waals surface area contributed by atoms with E-state index in [-0.39, 0.29) is 24.7 Å². The number of hydrogen-bond acceptors (Lipinski definition) is 7. The summed E-state index contributed by atoms with van der Waals surface area (Å²) in [5.41, 5.74) is 5.09. The molecule has 0 radical (unpaired) electrons. The highest BCUT2D eigenvalue weighted by Gasteiger charge is 2.27. The van der Waals surface area contributed by atoms with Gasteiger partial charge in [0.25, 0.3) is 0 Å². The van der Waals surface area contributed by atoms with Crippen LogP contribution in [0.25, 0.3) is 10.9 Å². The number of para-hydroxylation sites is 1. The fourth-order valence-corrected chi connectivity index (χ4v) is 5.37. The number of hydrogen-bond donors (Lipinski definition) is 1. The van der Waals surface area contributed by atoms with Gasteiger partial charge >= 0.3 is 0 Å². The van der Waals surface area contributed by atoms with Crippen molar-refractivity contribution < 1.29 is 9.84 Å². The summed E-state index contributed by atoms with van der Waals surface area (Å²) in [5.74, 6) is 0.512. The van der Waals surface area contributed by atoms with E-state index in [2.05, 4.69) is 36.5 Å². The number of rotatable bonds is 9. The van der Waals surface area contributed by atoms with E-state index in [9.17, 15) is 4.79 Å². The van der Waals surface area contributed by atoms with Gasteiger partial charge in [-0.05, 0) is 55.7 Å². The van der Waals surface area contributed by atoms with Crippen molar-refractivity contribution >= 4 is 16.6 Å². The van der Waals surface area contributed by atoms with Crippen molar-refractivity contribution in [2.24, 2.45) is 7.05 Å². The first-order valence-corrected chi connectivity index (χ1v) is 13.2. The molecule has 4 aromatic rings. The van der Waals surface area contributed by atoms with Crippen molar-refractivity contribution in [1.82, 2.24) is 19.4 Å². The van der Waals surface area contributed by atoms with Gasteiger partial charge in [-0.25, -0.2) is 4.98 Å². The second-order valence-electron chi connectivity index (χ2n) is 9.99. The third-order valence-electron chi connectivity index (χ3n) is 7.23. The van der Waals surface area contributed by atoms with Crippen LogP contribution in [0.15, 0.2) is 71.9 Å². The molecule has 1 atom stereocenters. The fourth-order valence-electron chi connectivity index (χ4n) is 5.37. The molecule has 1 aromatic carbocycles. The van der Waals surface area contributed by atoms with Crippen LogP contribution in [0, 0.1) is 6.92 Å². The number of aliphatic hydroxyl groups is 1. The molecular formula is C30H35N5O3. The zero-order chi connectivity index (χ0) is 26.5. The Labute approximate surface area is 223 Å². The van der Waals surface area contributed by atoms with Crippen LogP contribution in [0.1, 0.15) is 29.7 Å².